The zero-order chi connectivity index (χ0) is 11.5. The molecular formula is C12H22O3. The molecule has 0 radical (unpaired) electrons. The first-order valence-electron chi connectivity index (χ1n) is 5.63. The lowest BCUT2D eigenvalue weighted by Crippen LogP contribution is -2.05. The molecule has 0 aliphatic rings. The van der Waals surface area contributed by atoms with E-state index in [4.69, 9.17) is 0 Å². The highest BCUT2D eigenvalue weighted by Crippen LogP contribution is 2.08. The van der Waals surface area contributed by atoms with Gasteiger partial charge in [-0.25, -0.2) is 4.79 Å². The van der Waals surface area contributed by atoms with E-state index in [2.05, 4.69) is 11.7 Å². The minimum atomic E-state index is -0.367. The Morgan fingerprint density at radius 2 is 2.13 bits per heavy atom. The zero-order valence-electron chi connectivity index (χ0n) is 9.74. The number of aliphatic hydroxyl groups is 1. The van der Waals surface area contributed by atoms with Crippen molar-refractivity contribution in [2.75, 3.05) is 7.11 Å². The van der Waals surface area contributed by atoms with E-state index < -0.39 is 0 Å². The average molecular weight is 214 g/mol. The van der Waals surface area contributed by atoms with Gasteiger partial charge in [0, 0.05) is 6.08 Å². The molecule has 0 aromatic rings. The molecule has 0 amide bonds. The Morgan fingerprint density at radius 3 is 2.73 bits per heavy atom. The Hall–Kier alpha value is -0.830. The van der Waals surface area contributed by atoms with Gasteiger partial charge in [0.05, 0.1) is 13.2 Å². The van der Waals surface area contributed by atoms with Crippen molar-refractivity contribution < 1.29 is 14.6 Å². The molecule has 0 saturated carbocycles. The number of unbranched alkanes of at least 4 members (excludes halogenated alkanes) is 3. The van der Waals surface area contributed by atoms with Crippen LogP contribution in [0.1, 0.15) is 45.4 Å². The summed E-state index contributed by atoms with van der Waals surface area (Å²) in [5.74, 6) is -0.367. The molecule has 0 bridgehead atoms. The second-order valence-electron chi connectivity index (χ2n) is 3.66. The van der Waals surface area contributed by atoms with Crippen molar-refractivity contribution in [3.63, 3.8) is 0 Å². The molecule has 0 heterocycles. The number of esters is 1. The van der Waals surface area contributed by atoms with Gasteiger partial charge in [0.2, 0.25) is 0 Å². The van der Waals surface area contributed by atoms with Crippen LogP contribution in [0.25, 0.3) is 0 Å². The van der Waals surface area contributed by atoms with Crippen molar-refractivity contribution in [3.05, 3.63) is 12.2 Å². The van der Waals surface area contributed by atoms with E-state index in [0.717, 1.165) is 12.8 Å². The molecule has 0 aliphatic heterocycles. The lowest BCUT2D eigenvalue weighted by atomic mass is 10.1. The summed E-state index contributed by atoms with van der Waals surface area (Å²) in [4.78, 5) is 10.7. The molecule has 1 atom stereocenters. The summed E-state index contributed by atoms with van der Waals surface area (Å²) in [6.45, 7) is 2.16. The van der Waals surface area contributed by atoms with Crippen LogP contribution in [0.3, 0.4) is 0 Å². The van der Waals surface area contributed by atoms with Gasteiger partial charge in [-0.1, -0.05) is 38.7 Å². The Bertz CT molecular complexity index is 187. The van der Waals surface area contributed by atoms with Crippen molar-refractivity contribution in [2.45, 2.75) is 51.6 Å². The van der Waals surface area contributed by atoms with Crippen LogP contribution in [0.5, 0.6) is 0 Å². The monoisotopic (exact) mass is 214 g/mol. The fraction of sp³-hybridized carbons (Fsp3) is 0.750. The van der Waals surface area contributed by atoms with Crippen LogP contribution in [0.4, 0.5) is 0 Å². The van der Waals surface area contributed by atoms with Crippen molar-refractivity contribution >= 4 is 5.97 Å². The van der Waals surface area contributed by atoms with Crippen LogP contribution in [-0.2, 0) is 9.53 Å². The zero-order valence-corrected chi connectivity index (χ0v) is 9.74. The fourth-order valence-corrected chi connectivity index (χ4v) is 1.31. The smallest absolute Gasteiger partial charge is 0.330 e. The van der Waals surface area contributed by atoms with Gasteiger partial charge in [-0.2, -0.15) is 0 Å². The number of rotatable bonds is 8. The van der Waals surface area contributed by atoms with Gasteiger partial charge < -0.3 is 9.84 Å². The number of carbonyl (C=O) groups is 1. The van der Waals surface area contributed by atoms with Crippen LogP contribution < -0.4 is 0 Å². The number of carbonyl (C=O) groups excluding carboxylic acids is 1. The van der Waals surface area contributed by atoms with Crippen molar-refractivity contribution in [1.29, 1.82) is 0 Å². The van der Waals surface area contributed by atoms with Crippen LogP contribution in [0, 0.1) is 0 Å². The molecule has 0 spiro atoms. The minimum Gasteiger partial charge on any atom is -0.466 e. The van der Waals surface area contributed by atoms with Crippen molar-refractivity contribution in [2.24, 2.45) is 0 Å². The molecule has 0 aromatic heterocycles. The first-order chi connectivity index (χ1) is 7.20. The van der Waals surface area contributed by atoms with E-state index in [0.29, 0.717) is 6.42 Å². The molecule has 0 rings (SSSR count). The molecule has 3 nitrogen and oxygen atoms in total. The molecule has 15 heavy (non-hydrogen) atoms. The maximum absolute atomic E-state index is 10.7. The van der Waals surface area contributed by atoms with E-state index in [1.165, 1.54) is 32.4 Å². The quantitative estimate of drug-likeness (QED) is 0.383. The SMILES string of the molecule is CCCCCCC(O)C/C=C/C(=O)OC. The number of aliphatic hydroxyl groups excluding tert-OH is 1. The lowest BCUT2D eigenvalue weighted by Gasteiger charge is -2.06. The second kappa shape index (κ2) is 9.71. The molecule has 1 unspecified atom stereocenters. The van der Waals surface area contributed by atoms with Gasteiger partial charge in [-0.05, 0) is 12.8 Å². The minimum absolute atomic E-state index is 0.331. The van der Waals surface area contributed by atoms with Gasteiger partial charge in [0.25, 0.3) is 0 Å². The van der Waals surface area contributed by atoms with E-state index in [9.17, 15) is 9.90 Å². The Morgan fingerprint density at radius 1 is 1.40 bits per heavy atom. The average Bonchev–Trinajstić information content (AvgIpc) is 2.24. The molecule has 0 aromatic carbocycles. The highest BCUT2D eigenvalue weighted by atomic mass is 16.5. The second-order valence-corrected chi connectivity index (χ2v) is 3.66. The van der Waals surface area contributed by atoms with E-state index >= 15 is 0 Å². The highest BCUT2D eigenvalue weighted by Gasteiger charge is 2.01. The lowest BCUT2D eigenvalue weighted by molar-refractivity contribution is -0.134. The van der Waals surface area contributed by atoms with Crippen LogP contribution >= 0.6 is 0 Å². The molecule has 0 saturated heterocycles. The summed E-state index contributed by atoms with van der Waals surface area (Å²) in [6, 6.07) is 0. The Labute approximate surface area is 92.1 Å². The number of hydrogen-bond acceptors (Lipinski definition) is 3. The standard InChI is InChI=1S/C12H22O3/c1-3-4-5-6-8-11(13)9-7-10-12(14)15-2/h7,10-11,13H,3-6,8-9H2,1-2H3/b10-7+. The molecule has 0 fully saturated rings. The molecule has 88 valence electrons. The topological polar surface area (TPSA) is 46.5 Å². The fourth-order valence-electron chi connectivity index (χ4n) is 1.31. The van der Waals surface area contributed by atoms with Gasteiger partial charge in [-0.15, -0.1) is 0 Å². The third-order valence-corrected chi connectivity index (χ3v) is 2.25. The maximum Gasteiger partial charge on any atom is 0.330 e. The van der Waals surface area contributed by atoms with Crippen molar-refractivity contribution in [1.82, 2.24) is 0 Å². The van der Waals surface area contributed by atoms with Gasteiger partial charge in [0.1, 0.15) is 0 Å². The first-order valence-corrected chi connectivity index (χ1v) is 5.63. The summed E-state index contributed by atoms with van der Waals surface area (Å²) >= 11 is 0. The number of methoxy groups -OCH3 is 1. The Kier molecular flexibility index (Phi) is 9.18. The number of hydrogen-bond donors (Lipinski definition) is 1. The summed E-state index contributed by atoms with van der Waals surface area (Å²) in [7, 11) is 1.34. The third kappa shape index (κ3) is 9.47. The Balaban J connectivity index is 3.44. The molecular weight excluding hydrogens is 192 g/mol. The van der Waals surface area contributed by atoms with E-state index in [1.54, 1.807) is 6.08 Å². The van der Waals surface area contributed by atoms with E-state index in [-0.39, 0.29) is 12.1 Å². The number of ether oxygens (including phenoxy) is 1. The van der Waals surface area contributed by atoms with Gasteiger partial charge >= 0.3 is 5.97 Å². The molecule has 3 heteroatoms. The predicted octanol–water partition coefficient (Wildman–Crippen LogP) is 2.44. The van der Waals surface area contributed by atoms with Gasteiger partial charge in [-0.3, -0.25) is 0 Å². The summed E-state index contributed by atoms with van der Waals surface area (Å²) in [5.41, 5.74) is 0. The highest BCUT2D eigenvalue weighted by molar-refractivity contribution is 5.81. The maximum atomic E-state index is 10.7. The van der Waals surface area contributed by atoms with Gasteiger partial charge in [0.15, 0.2) is 0 Å². The van der Waals surface area contributed by atoms with Crippen LogP contribution in [0.15, 0.2) is 12.2 Å². The first kappa shape index (κ1) is 14.2. The van der Waals surface area contributed by atoms with Crippen LogP contribution in [0.2, 0.25) is 0 Å². The third-order valence-electron chi connectivity index (χ3n) is 2.25. The summed E-state index contributed by atoms with van der Waals surface area (Å²) in [5, 5.41) is 9.53. The summed E-state index contributed by atoms with van der Waals surface area (Å²) in [6.07, 6.45) is 8.69. The molecule has 1 N–H and O–H groups in total. The van der Waals surface area contributed by atoms with Crippen molar-refractivity contribution in [3.8, 4) is 0 Å². The van der Waals surface area contributed by atoms with Crippen LogP contribution in [-0.4, -0.2) is 24.3 Å². The largest absolute Gasteiger partial charge is 0.466 e. The van der Waals surface area contributed by atoms with E-state index in [1.807, 2.05) is 0 Å². The normalized spacial score (nSPS) is 13.0. The summed E-state index contributed by atoms with van der Waals surface area (Å²) < 4.78 is 4.44. The predicted molar refractivity (Wildman–Crippen MR) is 60.5 cm³/mol. The molecule has 0 aliphatic carbocycles.